The first kappa shape index (κ1) is 24.5. The molecule has 0 aliphatic carbocycles. The molecule has 33 heavy (non-hydrogen) atoms. The minimum absolute atomic E-state index is 0.0493. The van der Waals surface area contributed by atoms with Gasteiger partial charge in [0.1, 0.15) is 12.4 Å². The van der Waals surface area contributed by atoms with Crippen molar-refractivity contribution in [2.75, 3.05) is 18.4 Å². The fourth-order valence-corrected chi connectivity index (χ4v) is 3.58. The minimum Gasteiger partial charge on any atom is -0.329 e. The Morgan fingerprint density at radius 2 is 1.73 bits per heavy atom. The number of hydrogen-bond acceptors (Lipinski definition) is 3. The van der Waals surface area contributed by atoms with Crippen molar-refractivity contribution in [2.24, 2.45) is 0 Å². The van der Waals surface area contributed by atoms with Crippen molar-refractivity contribution in [1.29, 1.82) is 0 Å². The molecule has 7 heteroatoms. The van der Waals surface area contributed by atoms with E-state index in [1.807, 2.05) is 42.5 Å². The van der Waals surface area contributed by atoms with E-state index in [2.05, 4.69) is 33.0 Å². The van der Waals surface area contributed by atoms with Crippen LogP contribution in [-0.4, -0.2) is 39.6 Å². The van der Waals surface area contributed by atoms with Crippen molar-refractivity contribution >= 4 is 29.2 Å². The second-order valence-electron chi connectivity index (χ2n) is 9.02. The van der Waals surface area contributed by atoms with Gasteiger partial charge in [-0.25, -0.2) is 4.68 Å². The number of unbranched alkanes of at least 4 members (excludes halogenated alkanes) is 1. The molecule has 6 nitrogen and oxygen atoms in total. The van der Waals surface area contributed by atoms with E-state index in [1.54, 1.807) is 27.8 Å². The Hall–Kier alpha value is -3.12. The number of amides is 2. The third kappa shape index (κ3) is 6.23. The van der Waals surface area contributed by atoms with Gasteiger partial charge in [0.25, 0.3) is 5.91 Å². The Balaban J connectivity index is 1.86. The molecule has 0 aliphatic rings. The van der Waals surface area contributed by atoms with Gasteiger partial charge in [-0.3, -0.25) is 9.59 Å². The van der Waals surface area contributed by atoms with Crippen molar-refractivity contribution in [1.82, 2.24) is 14.7 Å². The summed E-state index contributed by atoms with van der Waals surface area (Å²) in [5.74, 6) is 0.0684. The van der Waals surface area contributed by atoms with Gasteiger partial charge in [0.05, 0.1) is 16.4 Å². The van der Waals surface area contributed by atoms with E-state index in [4.69, 9.17) is 16.7 Å². The average Bonchev–Trinajstić information content (AvgIpc) is 3.21. The predicted octanol–water partition coefficient (Wildman–Crippen LogP) is 5.70. The van der Waals surface area contributed by atoms with E-state index >= 15 is 0 Å². The fourth-order valence-electron chi connectivity index (χ4n) is 3.36. The van der Waals surface area contributed by atoms with Crippen LogP contribution in [0.25, 0.3) is 5.69 Å². The van der Waals surface area contributed by atoms with Gasteiger partial charge in [-0.15, -0.1) is 0 Å². The molecule has 0 spiro atoms. The molecule has 2 amide bonds. The Kier molecular flexibility index (Phi) is 7.92. The number of hydrogen-bond donors (Lipinski definition) is 1. The van der Waals surface area contributed by atoms with Gasteiger partial charge in [0.15, 0.2) is 0 Å². The molecular formula is C26H31ClN4O2. The highest BCUT2D eigenvalue weighted by molar-refractivity contribution is 6.32. The summed E-state index contributed by atoms with van der Waals surface area (Å²) in [5.41, 5.74) is 1.84. The molecule has 0 fully saturated rings. The zero-order chi connectivity index (χ0) is 24.0. The lowest BCUT2D eigenvalue weighted by atomic mass is 9.92. The van der Waals surface area contributed by atoms with Gasteiger partial charge in [0.2, 0.25) is 5.91 Å². The normalized spacial score (nSPS) is 11.3. The van der Waals surface area contributed by atoms with E-state index in [0.717, 1.165) is 18.5 Å². The van der Waals surface area contributed by atoms with Gasteiger partial charge in [0, 0.05) is 23.6 Å². The lowest BCUT2D eigenvalue weighted by Gasteiger charge is -2.22. The van der Waals surface area contributed by atoms with Crippen molar-refractivity contribution < 1.29 is 9.59 Å². The van der Waals surface area contributed by atoms with Gasteiger partial charge >= 0.3 is 0 Å². The molecule has 1 N–H and O–H groups in total. The maximum Gasteiger partial charge on any atom is 0.254 e. The zero-order valence-electron chi connectivity index (χ0n) is 19.6. The van der Waals surface area contributed by atoms with Crippen LogP contribution >= 0.6 is 11.6 Å². The van der Waals surface area contributed by atoms with Crippen molar-refractivity contribution in [3.8, 4) is 5.69 Å². The number of para-hydroxylation sites is 1. The van der Waals surface area contributed by atoms with Crippen molar-refractivity contribution in [2.45, 2.75) is 46.0 Å². The first-order chi connectivity index (χ1) is 15.7. The maximum atomic E-state index is 13.1. The van der Waals surface area contributed by atoms with E-state index in [1.165, 1.54) is 0 Å². The van der Waals surface area contributed by atoms with E-state index < -0.39 is 0 Å². The van der Waals surface area contributed by atoms with Crippen LogP contribution < -0.4 is 5.32 Å². The zero-order valence-corrected chi connectivity index (χ0v) is 20.4. The molecule has 0 saturated carbocycles. The lowest BCUT2D eigenvalue weighted by Crippen LogP contribution is -2.38. The molecule has 0 atom stereocenters. The molecule has 3 rings (SSSR count). The minimum atomic E-state index is -0.288. The topological polar surface area (TPSA) is 67.2 Å². The highest BCUT2D eigenvalue weighted by atomic mass is 35.5. The molecule has 1 aromatic heterocycles. The Morgan fingerprint density at radius 1 is 1.06 bits per heavy atom. The number of nitrogens with one attached hydrogen (secondary N) is 1. The number of benzene rings is 2. The predicted molar refractivity (Wildman–Crippen MR) is 133 cm³/mol. The van der Waals surface area contributed by atoms with Gasteiger partial charge in [-0.2, -0.15) is 5.10 Å². The van der Waals surface area contributed by atoms with Crippen LogP contribution in [0.1, 0.15) is 56.6 Å². The number of halogens is 1. The van der Waals surface area contributed by atoms with Crippen molar-refractivity contribution in [3.63, 3.8) is 0 Å². The number of aromatic nitrogens is 2. The van der Waals surface area contributed by atoms with Crippen LogP contribution in [0, 0.1) is 0 Å². The van der Waals surface area contributed by atoms with Crippen LogP contribution in [0.5, 0.6) is 0 Å². The highest BCUT2D eigenvalue weighted by Gasteiger charge is 2.24. The Bertz CT molecular complexity index is 1100. The SMILES string of the molecule is CCCCN(CC(=O)Nc1cc(C(C)(C)C)nn1-c1ccccc1Cl)C(=O)c1ccccc1. The lowest BCUT2D eigenvalue weighted by molar-refractivity contribution is -0.116. The van der Waals surface area contributed by atoms with Gasteiger partial charge < -0.3 is 10.2 Å². The monoisotopic (exact) mass is 466 g/mol. The number of rotatable bonds is 8. The van der Waals surface area contributed by atoms with Crippen LogP contribution in [-0.2, 0) is 10.2 Å². The number of carbonyl (C=O) groups excluding carboxylic acids is 2. The smallest absolute Gasteiger partial charge is 0.254 e. The second-order valence-corrected chi connectivity index (χ2v) is 9.43. The third-order valence-corrected chi connectivity index (χ3v) is 5.57. The van der Waals surface area contributed by atoms with Crippen LogP contribution in [0.3, 0.4) is 0 Å². The van der Waals surface area contributed by atoms with Crippen molar-refractivity contribution in [3.05, 3.63) is 76.9 Å². The summed E-state index contributed by atoms with van der Waals surface area (Å²) in [5, 5.41) is 8.19. The fraction of sp³-hybridized carbons (Fsp3) is 0.346. The summed E-state index contributed by atoms with van der Waals surface area (Å²) in [6, 6.07) is 18.2. The summed E-state index contributed by atoms with van der Waals surface area (Å²) in [4.78, 5) is 27.7. The first-order valence-corrected chi connectivity index (χ1v) is 11.6. The van der Waals surface area contributed by atoms with Crippen LogP contribution in [0.4, 0.5) is 5.82 Å². The molecule has 174 valence electrons. The third-order valence-electron chi connectivity index (χ3n) is 5.25. The van der Waals surface area contributed by atoms with Crippen LogP contribution in [0.15, 0.2) is 60.7 Å². The molecule has 1 heterocycles. The Morgan fingerprint density at radius 3 is 2.36 bits per heavy atom. The highest BCUT2D eigenvalue weighted by Crippen LogP contribution is 2.29. The molecule has 0 bridgehead atoms. The molecule has 2 aromatic carbocycles. The molecular weight excluding hydrogens is 436 g/mol. The van der Waals surface area contributed by atoms with E-state index in [-0.39, 0.29) is 23.8 Å². The standard InChI is InChI=1S/C26H31ClN4O2/c1-5-6-16-30(25(33)19-12-8-7-9-13-19)18-24(32)28-23-17-22(26(2,3)4)29-31(23)21-15-11-10-14-20(21)27/h7-15,17H,5-6,16,18H2,1-4H3,(H,28,32). The average molecular weight is 467 g/mol. The summed E-state index contributed by atoms with van der Waals surface area (Å²) >= 11 is 6.42. The quantitative estimate of drug-likeness (QED) is 0.462. The number of carbonyl (C=O) groups is 2. The molecule has 0 radical (unpaired) electrons. The summed E-state index contributed by atoms with van der Waals surface area (Å²) in [6.07, 6.45) is 1.74. The molecule has 0 aliphatic heterocycles. The summed E-state index contributed by atoms with van der Waals surface area (Å²) < 4.78 is 1.65. The molecule has 0 unspecified atom stereocenters. The van der Waals surface area contributed by atoms with Gasteiger partial charge in [-0.1, -0.05) is 76.0 Å². The first-order valence-electron chi connectivity index (χ1n) is 11.2. The Labute approximate surface area is 200 Å². The number of anilines is 1. The largest absolute Gasteiger partial charge is 0.329 e. The second kappa shape index (κ2) is 10.7. The summed E-state index contributed by atoms with van der Waals surface area (Å²) in [6.45, 7) is 8.69. The maximum absolute atomic E-state index is 13.1. The number of nitrogens with zero attached hydrogens (tertiary/aromatic N) is 3. The van der Waals surface area contributed by atoms with E-state index in [9.17, 15) is 9.59 Å². The van der Waals surface area contributed by atoms with E-state index in [0.29, 0.717) is 28.6 Å². The van der Waals surface area contributed by atoms with Crippen LogP contribution in [0.2, 0.25) is 5.02 Å². The molecule has 3 aromatic rings. The van der Waals surface area contributed by atoms with Gasteiger partial charge in [-0.05, 0) is 30.7 Å². The molecule has 0 saturated heterocycles. The summed E-state index contributed by atoms with van der Waals surface area (Å²) in [7, 11) is 0.